The molecule has 2 heterocycles. The highest BCUT2D eigenvalue weighted by atomic mass is 35.5. The molecule has 1 N–H and O–H groups in total. The van der Waals surface area contributed by atoms with Crippen LogP contribution in [0.1, 0.15) is 36.0 Å². The molecular weight excluding hydrogens is 453 g/mol. The van der Waals surface area contributed by atoms with E-state index in [1.54, 1.807) is 48.5 Å². The van der Waals surface area contributed by atoms with Crippen molar-refractivity contribution in [1.29, 1.82) is 0 Å². The van der Waals surface area contributed by atoms with Gasteiger partial charge in [0.2, 0.25) is 5.78 Å². The number of rotatable bonds is 7. The number of furan rings is 1. The topological polar surface area (TPSA) is 80.0 Å². The molecule has 0 spiro atoms. The molecule has 1 atom stereocenters. The molecular formula is C24H21Cl2NO5. The van der Waals surface area contributed by atoms with Crippen molar-refractivity contribution in [1.82, 2.24) is 4.90 Å². The molecule has 166 valence electrons. The third-order valence-electron chi connectivity index (χ3n) is 5.22. The predicted molar refractivity (Wildman–Crippen MR) is 122 cm³/mol. The van der Waals surface area contributed by atoms with Gasteiger partial charge in [0.15, 0.2) is 11.5 Å². The number of hydrogen-bond donors (Lipinski definition) is 1. The van der Waals surface area contributed by atoms with Gasteiger partial charge in [-0.2, -0.15) is 0 Å². The summed E-state index contributed by atoms with van der Waals surface area (Å²) in [5.41, 5.74) is 1.07. The molecule has 32 heavy (non-hydrogen) atoms. The second-order valence-electron chi connectivity index (χ2n) is 7.76. The van der Waals surface area contributed by atoms with E-state index in [0.29, 0.717) is 26.6 Å². The number of ether oxygens (including phenoxy) is 1. The summed E-state index contributed by atoms with van der Waals surface area (Å²) in [6.07, 6.45) is -0.0216. The van der Waals surface area contributed by atoms with Gasteiger partial charge in [0.05, 0.1) is 24.3 Å². The molecule has 1 amide bonds. The number of benzene rings is 2. The van der Waals surface area contributed by atoms with E-state index in [1.165, 1.54) is 4.90 Å². The average molecular weight is 474 g/mol. The smallest absolute Gasteiger partial charge is 0.290 e. The van der Waals surface area contributed by atoms with Crippen molar-refractivity contribution in [2.45, 2.75) is 26.0 Å². The molecule has 0 saturated heterocycles. The Labute approximate surface area is 195 Å². The van der Waals surface area contributed by atoms with Crippen molar-refractivity contribution >= 4 is 45.9 Å². The summed E-state index contributed by atoms with van der Waals surface area (Å²) in [6, 6.07) is 12.5. The van der Waals surface area contributed by atoms with Gasteiger partial charge in [-0.3, -0.25) is 9.59 Å². The van der Waals surface area contributed by atoms with E-state index in [0.717, 1.165) is 0 Å². The van der Waals surface area contributed by atoms with Crippen molar-refractivity contribution in [3.8, 4) is 0 Å². The third-order valence-corrected chi connectivity index (χ3v) is 5.71. The Morgan fingerprint density at radius 1 is 1.12 bits per heavy atom. The Kier molecular flexibility index (Phi) is 6.29. The molecule has 3 aromatic rings. The summed E-state index contributed by atoms with van der Waals surface area (Å²) in [7, 11) is 0. The fourth-order valence-corrected chi connectivity index (χ4v) is 4.06. The summed E-state index contributed by atoms with van der Waals surface area (Å²) in [4.78, 5) is 27.8. The van der Waals surface area contributed by atoms with Crippen molar-refractivity contribution in [2.75, 3.05) is 13.2 Å². The third kappa shape index (κ3) is 4.26. The summed E-state index contributed by atoms with van der Waals surface area (Å²) >= 11 is 12.1. The number of ketones is 1. The number of amides is 1. The molecule has 1 aromatic heterocycles. The van der Waals surface area contributed by atoms with Crippen LogP contribution >= 0.6 is 23.2 Å². The van der Waals surface area contributed by atoms with Gasteiger partial charge in [-0.25, -0.2) is 0 Å². The Hall–Kier alpha value is -2.80. The maximum atomic E-state index is 13.5. The maximum absolute atomic E-state index is 13.5. The number of fused-ring (bicyclic) bond motifs is 1. The second kappa shape index (κ2) is 8.98. The van der Waals surface area contributed by atoms with Crippen LogP contribution < -0.4 is 0 Å². The summed E-state index contributed by atoms with van der Waals surface area (Å²) in [5.74, 6) is -1.80. The quantitative estimate of drug-likeness (QED) is 0.442. The van der Waals surface area contributed by atoms with Crippen LogP contribution in [0.15, 0.2) is 64.3 Å². The number of aliphatic hydroxyl groups is 1. The Morgan fingerprint density at radius 2 is 1.81 bits per heavy atom. The molecule has 8 heteroatoms. The number of hydrogen-bond acceptors (Lipinski definition) is 5. The van der Waals surface area contributed by atoms with Gasteiger partial charge >= 0.3 is 0 Å². The standard InChI is InChI=1S/C24H21Cl2NO5/c1-13(2)31-10-9-27-21(14-3-5-16(25)6-4-14)20(23(29)24(27)30)22(28)19-12-15-11-17(26)7-8-18(15)32-19/h3-8,11-13,21,29H,9-10H2,1-2H3. The van der Waals surface area contributed by atoms with E-state index in [9.17, 15) is 14.7 Å². The fraction of sp³-hybridized carbons (Fsp3) is 0.250. The number of carbonyl (C=O) groups excluding carboxylic acids is 2. The summed E-state index contributed by atoms with van der Waals surface area (Å²) in [6.45, 7) is 4.23. The van der Waals surface area contributed by atoms with E-state index in [2.05, 4.69) is 0 Å². The maximum Gasteiger partial charge on any atom is 0.290 e. The number of Topliss-reactive ketones (excluding diaryl/α,β-unsaturated/α-hetero) is 1. The van der Waals surface area contributed by atoms with E-state index in [4.69, 9.17) is 32.4 Å². The highest BCUT2D eigenvalue weighted by molar-refractivity contribution is 6.31. The van der Waals surface area contributed by atoms with Gasteiger partial charge < -0.3 is 19.2 Å². The fourth-order valence-electron chi connectivity index (χ4n) is 3.75. The molecule has 0 aliphatic carbocycles. The Morgan fingerprint density at radius 3 is 2.50 bits per heavy atom. The molecule has 0 radical (unpaired) electrons. The first-order valence-electron chi connectivity index (χ1n) is 10.1. The number of aliphatic hydroxyl groups excluding tert-OH is 1. The zero-order valence-electron chi connectivity index (χ0n) is 17.5. The largest absolute Gasteiger partial charge is 0.503 e. The van der Waals surface area contributed by atoms with Crippen LogP contribution in [-0.4, -0.2) is 41.0 Å². The average Bonchev–Trinajstić information content (AvgIpc) is 3.27. The molecule has 1 unspecified atom stereocenters. The van der Waals surface area contributed by atoms with Crippen molar-refractivity contribution in [2.24, 2.45) is 0 Å². The molecule has 0 saturated carbocycles. The zero-order chi connectivity index (χ0) is 23.0. The van der Waals surface area contributed by atoms with Crippen LogP contribution in [0.4, 0.5) is 0 Å². The van der Waals surface area contributed by atoms with E-state index in [1.807, 2.05) is 13.8 Å². The first-order chi connectivity index (χ1) is 15.3. The molecule has 1 aliphatic heterocycles. The van der Waals surface area contributed by atoms with Crippen LogP contribution in [0.2, 0.25) is 10.0 Å². The number of carbonyl (C=O) groups is 2. The SMILES string of the molecule is CC(C)OCCN1C(=O)C(O)=C(C(=O)c2cc3cc(Cl)ccc3o2)C1c1ccc(Cl)cc1. The number of nitrogens with zero attached hydrogens (tertiary/aromatic N) is 1. The lowest BCUT2D eigenvalue weighted by Crippen LogP contribution is -2.34. The Balaban J connectivity index is 1.74. The minimum Gasteiger partial charge on any atom is -0.503 e. The second-order valence-corrected chi connectivity index (χ2v) is 8.63. The van der Waals surface area contributed by atoms with Crippen LogP contribution in [0.25, 0.3) is 11.0 Å². The lowest BCUT2D eigenvalue weighted by atomic mass is 9.95. The monoisotopic (exact) mass is 473 g/mol. The summed E-state index contributed by atoms with van der Waals surface area (Å²) in [5, 5.41) is 12.4. The molecule has 2 aromatic carbocycles. The summed E-state index contributed by atoms with van der Waals surface area (Å²) < 4.78 is 11.3. The van der Waals surface area contributed by atoms with Crippen molar-refractivity contribution < 1.29 is 23.8 Å². The van der Waals surface area contributed by atoms with Gasteiger partial charge in [-0.05, 0) is 55.8 Å². The van der Waals surface area contributed by atoms with Crippen molar-refractivity contribution in [3.05, 3.63) is 81.2 Å². The number of halogens is 2. The first-order valence-corrected chi connectivity index (χ1v) is 10.9. The van der Waals surface area contributed by atoms with Crippen LogP contribution in [-0.2, 0) is 9.53 Å². The van der Waals surface area contributed by atoms with Gasteiger partial charge in [-0.1, -0.05) is 35.3 Å². The molecule has 0 bridgehead atoms. The van der Waals surface area contributed by atoms with Gasteiger partial charge in [-0.15, -0.1) is 0 Å². The molecule has 0 fully saturated rings. The van der Waals surface area contributed by atoms with Gasteiger partial charge in [0.1, 0.15) is 5.58 Å². The van der Waals surface area contributed by atoms with E-state index in [-0.39, 0.29) is 30.6 Å². The minimum absolute atomic E-state index is 0.0101. The highest BCUT2D eigenvalue weighted by Gasteiger charge is 2.44. The Bertz CT molecular complexity index is 1210. The minimum atomic E-state index is -0.806. The molecule has 1 aliphatic rings. The van der Waals surface area contributed by atoms with Crippen LogP contribution in [0.3, 0.4) is 0 Å². The lowest BCUT2D eigenvalue weighted by molar-refractivity contribution is -0.130. The van der Waals surface area contributed by atoms with E-state index < -0.39 is 23.5 Å². The van der Waals surface area contributed by atoms with E-state index >= 15 is 0 Å². The molecule has 4 rings (SSSR count). The zero-order valence-corrected chi connectivity index (χ0v) is 19.0. The van der Waals surface area contributed by atoms with Gasteiger partial charge in [0, 0.05) is 22.0 Å². The van der Waals surface area contributed by atoms with Crippen molar-refractivity contribution in [3.63, 3.8) is 0 Å². The normalized spacial score (nSPS) is 16.6. The highest BCUT2D eigenvalue weighted by Crippen LogP contribution is 2.40. The van der Waals surface area contributed by atoms with Crippen LogP contribution in [0, 0.1) is 0 Å². The van der Waals surface area contributed by atoms with Gasteiger partial charge in [0.25, 0.3) is 5.91 Å². The predicted octanol–water partition coefficient (Wildman–Crippen LogP) is 5.74. The lowest BCUT2D eigenvalue weighted by Gasteiger charge is -2.27. The van der Waals surface area contributed by atoms with Crippen LogP contribution in [0.5, 0.6) is 0 Å². The molecule has 6 nitrogen and oxygen atoms in total. The first kappa shape index (κ1) is 22.4.